The predicted octanol–water partition coefficient (Wildman–Crippen LogP) is 2.36. The maximum atomic E-state index is 13.8. The summed E-state index contributed by atoms with van der Waals surface area (Å²) in [5, 5.41) is 4.25. The highest BCUT2D eigenvalue weighted by atomic mass is 35.5. The largest absolute Gasteiger partial charge is 0.462 e. The van der Waals surface area contributed by atoms with Crippen LogP contribution < -0.4 is 26.2 Å². The number of esters is 2. The van der Waals surface area contributed by atoms with Gasteiger partial charge in [0.1, 0.15) is 18.3 Å². The van der Waals surface area contributed by atoms with E-state index in [2.05, 4.69) is 23.0 Å². The number of benzene rings is 1. The monoisotopic (exact) mass is 704 g/mol. The minimum Gasteiger partial charge on any atom is -0.462 e. The lowest BCUT2D eigenvalue weighted by Crippen LogP contribution is -2.44. The van der Waals surface area contributed by atoms with Crippen LogP contribution in [0.2, 0.25) is 0 Å². The number of para-hydroxylation sites is 1. The number of amides is 1. The molecule has 15 nitrogen and oxygen atoms in total. The number of hydrogen-bond donors (Lipinski definition) is 3. The van der Waals surface area contributed by atoms with Crippen molar-refractivity contribution in [3.63, 3.8) is 0 Å². The van der Waals surface area contributed by atoms with Gasteiger partial charge in [-0.2, -0.15) is 17.7 Å². The molecule has 0 aliphatic carbocycles. The maximum Gasteiger partial charge on any atom is 0.459 e. The quantitative estimate of drug-likeness (QED) is 0.107. The Hall–Kier alpha value is -3.14. The van der Waals surface area contributed by atoms with Crippen LogP contribution in [0.4, 0.5) is 0 Å². The highest BCUT2D eigenvalue weighted by molar-refractivity contribution is 7.81. The summed E-state index contributed by atoms with van der Waals surface area (Å²) in [6.45, 7) is 6.37. The van der Waals surface area contributed by atoms with E-state index in [0.717, 1.165) is 10.6 Å². The average Bonchev–Trinajstić information content (AvgIpc) is 3.28. The molecule has 0 saturated carbocycles. The van der Waals surface area contributed by atoms with Gasteiger partial charge in [0.05, 0.1) is 28.9 Å². The molecule has 1 aliphatic rings. The molecule has 1 unspecified atom stereocenters. The molecule has 0 bridgehead atoms. The Balaban J connectivity index is 1.74. The van der Waals surface area contributed by atoms with Crippen molar-refractivity contribution in [1.29, 1.82) is 0 Å². The number of rotatable bonds is 15. The third kappa shape index (κ3) is 10.4. The zero-order valence-electron chi connectivity index (χ0n) is 25.9. The van der Waals surface area contributed by atoms with E-state index >= 15 is 0 Å². The van der Waals surface area contributed by atoms with Crippen molar-refractivity contribution in [2.45, 2.75) is 82.4 Å². The fraction of sp³-hybridized carbons (Fsp3) is 0.536. The normalized spacial score (nSPS) is 22.0. The van der Waals surface area contributed by atoms with Crippen LogP contribution in [0.3, 0.4) is 0 Å². The first-order valence-corrected chi connectivity index (χ1v) is 16.7. The number of hydrogen-bond acceptors (Lipinski definition) is 12. The van der Waals surface area contributed by atoms with Crippen molar-refractivity contribution in [3.05, 3.63) is 63.4 Å². The summed E-state index contributed by atoms with van der Waals surface area (Å²) in [4.78, 5) is 60.6. The number of nitrogens with one attached hydrogen (secondary N) is 2. The highest BCUT2D eigenvalue weighted by Crippen LogP contribution is 2.48. The number of ether oxygens (including phenoxy) is 3. The van der Waals surface area contributed by atoms with Gasteiger partial charge in [-0.15, -0.1) is 11.6 Å². The fourth-order valence-electron chi connectivity index (χ4n) is 4.21. The molecule has 1 aliphatic heterocycles. The molecule has 1 saturated heterocycles. The molecule has 2 heterocycles. The zero-order valence-corrected chi connectivity index (χ0v) is 28.5. The van der Waals surface area contributed by atoms with E-state index in [1.165, 1.54) is 20.0 Å². The molecule has 6 atom stereocenters. The minimum absolute atomic E-state index is 0.110. The summed E-state index contributed by atoms with van der Waals surface area (Å²) in [6, 6.07) is 8.20. The van der Waals surface area contributed by atoms with Crippen molar-refractivity contribution in [3.8, 4) is 5.75 Å². The second-order valence-corrected chi connectivity index (χ2v) is 14.3. The SMILES string of the molecule is CC(C)OC(=O)[C@H](C)N[P@](=O)(OC[C@@H]1C[C@@](C)(Cl)[C@H](n2ccc(=O)n(COC(=O)CNC(=O)C(C)S)c2=O)O1)Oc1ccccc1. The molecule has 1 aromatic heterocycles. The van der Waals surface area contributed by atoms with Crippen LogP contribution in [0.15, 0.2) is 52.2 Å². The van der Waals surface area contributed by atoms with Gasteiger partial charge in [0.25, 0.3) is 5.56 Å². The maximum absolute atomic E-state index is 13.8. The Labute approximate surface area is 275 Å². The van der Waals surface area contributed by atoms with Crippen LogP contribution in [0.5, 0.6) is 5.75 Å². The van der Waals surface area contributed by atoms with Crippen LogP contribution in [0, 0.1) is 0 Å². The molecule has 3 rings (SSSR count). The van der Waals surface area contributed by atoms with Gasteiger partial charge in [-0.1, -0.05) is 18.2 Å². The summed E-state index contributed by atoms with van der Waals surface area (Å²) >= 11 is 10.7. The lowest BCUT2D eigenvalue weighted by Gasteiger charge is -2.25. The third-order valence-corrected chi connectivity index (χ3v) is 8.63. The molecule has 1 aromatic carbocycles. The predicted molar refractivity (Wildman–Crippen MR) is 170 cm³/mol. The summed E-state index contributed by atoms with van der Waals surface area (Å²) in [5.74, 6) is -1.84. The van der Waals surface area contributed by atoms with Crippen molar-refractivity contribution >= 4 is 49.8 Å². The van der Waals surface area contributed by atoms with E-state index in [1.54, 1.807) is 51.1 Å². The zero-order chi connectivity index (χ0) is 34.2. The molecule has 254 valence electrons. The number of carbonyl (C=O) groups is 3. The number of carbonyl (C=O) groups excluding carboxylic acids is 3. The summed E-state index contributed by atoms with van der Waals surface area (Å²) in [6.07, 6.45) is -1.05. The molecule has 2 N–H and O–H groups in total. The Morgan fingerprint density at radius 2 is 1.83 bits per heavy atom. The van der Waals surface area contributed by atoms with E-state index in [-0.39, 0.29) is 18.8 Å². The van der Waals surface area contributed by atoms with Gasteiger partial charge in [0.2, 0.25) is 5.91 Å². The van der Waals surface area contributed by atoms with Crippen LogP contribution >= 0.6 is 32.0 Å². The lowest BCUT2D eigenvalue weighted by atomic mass is 10.1. The number of alkyl halides is 1. The molecule has 46 heavy (non-hydrogen) atoms. The van der Waals surface area contributed by atoms with E-state index in [9.17, 15) is 28.5 Å². The molecule has 0 radical (unpaired) electrons. The second kappa shape index (κ2) is 16.1. The van der Waals surface area contributed by atoms with Crippen LogP contribution in [0.25, 0.3) is 0 Å². The second-order valence-electron chi connectivity index (χ2n) is 10.9. The summed E-state index contributed by atoms with van der Waals surface area (Å²) in [7, 11) is -4.21. The van der Waals surface area contributed by atoms with Gasteiger partial charge in [-0.05, 0) is 53.2 Å². The van der Waals surface area contributed by atoms with Crippen molar-refractivity contribution in [1.82, 2.24) is 19.5 Å². The third-order valence-electron chi connectivity index (χ3n) is 6.41. The molecule has 0 spiro atoms. The summed E-state index contributed by atoms with van der Waals surface area (Å²) in [5.41, 5.74) is -1.64. The molecular weight excluding hydrogens is 667 g/mol. The Kier molecular flexibility index (Phi) is 13.1. The first-order chi connectivity index (χ1) is 21.5. The first kappa shape index (κ1) is 37.3. The van der Waals surface area contributed by atoms with E-state index in [4.69, 9.17) is 34.9 Å². The fourth-order valence-corrected chi connectivity index (χ4v) is 6.15. The van der Waals surface area contributed by atoms with Gasteiger partial charge in [-0.3, -0.25) is 28.3 Å². The smallest absolute Gasteiger partial charge is 0.459 e. The minimum atomic E-state index is -4.21. The van der Waals surface area contributed by atoms with Crippen molar-refractivity contribution in [2.75, 3.05) is 13.2 Å². The van der Waals surface area contributed by atoms with Gasteiger partial charge in [0.15, 0.2) is 13.0 Å². The molecule has 1 fully saturated rings. The standard InChI is InChI=1S/C28H38ClN4O11PS/c1-17(2)42-25(37)18(3)31-45(39,44-20-9-7-6-8-10-20)41-15-21-13-28(5,29)26(43-21)32-12-11-22(34)33(27(32)38)16-40-23(35)14-30-24(36)19(4)46/h6-12,17-19,21,26,46H,13-16H2,1-5H3,(H,30,36)(H,31,39)/t18-,19?,21-,26+,28+,45-/m0/s1. The Bertz CT molecular complexity index is 1550. The van der Waals surface area contributed by atoms with Gasteiger partial charge in [0, 0.05) is 12.3 Å². The van der Waals surface area contributed by atoms with Crippen LogP contribution in [-0.4, -0.2) is 68.5 Å². The van der Waals surface area contributed by atoms with Crippen LogP contribution in [-0.2, 0) is 44.4 Å². The van der Waals surface area contributed by atoms with Gasteiger partial charge in [-0.25, -0.2) is 13.9 Å². The van der Waals surface area contributed by atoms with Crippen LogP contribution in [0.1, 0.15) is 47.3 Å². The number of thiol groups is 1. The Morgan fingerprint density at radius 3 is 2.46 bits per heavy atom. The molecule has 2 aromatic rings. The van der Waals surface area contributed by atoms with Crippen molar-refractivity contribution in [2.24, 2.45) is 0 Å². The summed E-state index contributed by atoms with van der Waals surface area (Å²) < 4.78 is 43.1. The van der Waals surface area contributed by atoms with E-state index in [1.807, 2.05) is 0 Å². The average molecular weight is 705 g/mol. The first-order valence-electron chi connectivity index (χ1n) is 14.3. The topological polar surface area (TPSA) is 182 Å². The van der Waals surface area contributed by atoms with E-state index in [0.29, 0.717) is 4.57 Å². The van der Waals surface area contributed by atoms with Crippen molar-refractivity contribution < 1.29 is 42.2 Å². The van der Waals surface area contributed by atoms with Gasteiger partial charge >= 0.3 is 25.4 Å². The molecular formula is C28H38ClN4O11PS. The molecule has 1 amide bonds. The number of halogens is 1. The Morgan fingerprint density at radius 1 is 1.15 bits per heavy atom. The number of aromatic nitrogens is 2. The lowest BCUT2D eigenvalue weighted by molar-refractivity contribution is -0.149. The van der Waals surface area contributed by atoms with E-state index < -0.39 is 84.7 Å². The number of nitrogens with zero attached hydrogens (tertiary/aromatic N) is 2. The van der Waals surface area contributed by atoms with Gasteiger partial charge < -0.3 is 24.1 Å². The molecule has 18 heteroatoms. The highest BCUT2D eigenvalue weighted by Gasteiger charge is 2.47.